The van der Waals surface area contributed by atoms with Crippen molar-refractivity contribution in [2.45, 2.75) is 18.6 Å². The Morgan fingerprint density at radius 1 is 1.80 bits per heavy atom. The summed E-state index contributed by atoms with van der Waals surface area (Å²) in [6.45, 7) is 2.52. The summed E-state index contributed by atoms with van der Waals surface area (Å²) in [6.07, 6.45) is 0.227. The molecular formula is C6H13NO2S. The molecule has 0 fully saturated rings. The van der Waals surface area contributed by atoms with E-state index < -0.39 is 5.97 Å². The van der Waals surface area contributed by atoms with Crippen LogP contribution in [0, 0.1) is 0 Å². The lowest BCUT2D eigenvalue weighted by Gasteiger charge is -2.05. The van der Waals surface area contributed by atoms with Crippen molar-refractivity contribution in [1.29, 1.82) is 0 Å². The number of rotatable bonds is 5. The fourth-order valence-corrected chi connectivity index (χ4v) is 1.37. The molecule has 0 spiro atoms. The van der Waals surface area contributed by atoms with E-state index in [1.54, 1.807) is 11.8 Å². The van der Waals surface area contributed by atoms with E-state index in [-0.39, 0.29) is 11.7 Å². The van der Waals surface area contributed by atoms with Gasteiger partial charge in [0.2, 0.25) is 0 Å². The quantitative estimate of drug-likeness (QED) is 0.621. The van der Waals surface area contributed by atoms with Crippen LogP contribution in [0.4, 0.5) is 0 Å². The number of hydrogen-bond donors (Lipinski definition) is 2. The zero-order valence-electron chi connectivity index (χ0n) is 6.04. The highest BCUT2D eigenvalue weighted by atomic mass is 32.2. The molecule has 0 aromatic heterocycles. The number of carboxylic acids is 1. The van der Waals surface area contributed by atoms with Crippen LogP contribution in [0.5, 0.6) is 0 Å². The predicted octanol–water partition coefficient (Wildman–Crippen LogP) is 0.542. The molecule has 1 unspecified atom stereocenters. The van der Waals surface area contributed by atoms with Crippen molar-refractivity contribution in [3.05, 3.63) is 0 Å². The van der Waals surface area contributed by atoms with Crippen LogP contribution in [0.15, 0.2) is 0 Å². The van der Waals surface area contributed by atoms with Gasteiger partial charge >= 0.3 is 5.97 Å². The molecule has 3 nitrogen and oxygen atoms in total. The Labute approximate surface area is 65.0 Å². The predicted molar refractivity (Wildman–Crippen MR) is 43.2 cm³/mol. The van der Waals surface area contributed by atoms with Crippen LogP contribution in [0.3, 0.4) is 0 Å². The van der Waals surface area contributed by atoms with Gasteiger partial charge in [-0.15, -0.1) is 0 Å². The molecule has 0 aliphatic heterocycles. The first-order chi connectivity index (χ1) is 4.66. The summed E-state index contributed by atoms with van der Waals surface area (Å²) in [5.74, 6) is 0.103. The minimum atomic E-state index is -0.739. The second-order valence-electron chi connectivity index (χ2n) is 2.07. The van der Waals surface area contributed by atoms with E-state index in [0.29, 0.717) is 6.54 Å². The first-order valence-corrected chi connectivity index (χ1v) is 4.25. The molecule has 0 bridgehead atoms. The van der Waals surface area contributed by atoms with Gasteiger partial charge < -0.3 is 10.8 Å². The van der Waals surface area contributed by atoms with Gasteiger partial charge in [0.15, 0.2) is 0 Å². The Hall–Kier alpha value is -0.220. The van der Waals surface area contributed by atoms with Crippen molar-refractivity contribution in [3.63, 3.8) is 0 Å². The fourth-order valence-electron chi connectivity index (χ4n) is 0.574. The minimum absolute atomic E-state index is 0.182. The second-order valence-corrected chi connectivity index (χ2v) is 3.61. The fraction of sp³-hybridized carbons (Fsp3) is 0.833. The van der Waals surface area contributed by atoms with Crippen molar-refractivity contribution < 1.29 is 9.90 Å². The number of carboxylic acid groups (broad SMARTS) is 1. The molecule has 0 aliphatic rings. The van der Waals surface area contributed by atoms with Gasteiger partial charge in [0.25, 0.3) is 0 Å². The maximum atomic E-state index is 10.1. The Balaban J connectivity index is 3.25. The van der Waals surface area contributed by atoms with Gasteiger partial charge in [-0.3, -0.25) is 4.79 Å². The molecule has 0 amide bonds. The lowest BCUT2D eigenvalue weighted by molar-refractivity contribution is -0.136. The van der Waals surface area contributed by atoms with Crippen molar-refractivity contribution in [2.75, 3.05) is 12.3 Å². The van der Waals surface area contributed by atoms with Crippen LogP contribution in [0.2, 0.25) is 0 Å². The SMILES string of the molecule is CC(CC(=O)O)SCCN. The molecule has 10 heavy (non-hydrogen) atoms. The van der Waals surface area contributed by atoms with Gasteiger partial charge in [-0.2, -0.15) is 11.8 Å². The van der Waals surface area contributed by atoms with E-state index in [4.69, 9.17) is 10.8 Å². The van der Waals surface area contributed by atoms with Gasteiger partial charge in [-0.05, 0) is 0 Å². The van der Waals surface area contributed by atoms with E-state index in [1.165, 1.54) is 0 Å². The molecule has 0 heterocycles. The van der Waals surface area contributed by atoms with E-state index in [2.05, 4.69) is 0 Å². The summed E-state index contributed by atoms with van der Waals surface area (Å²) >= 11 is 1.60. The Kier molecular flexibility index (Phi) is 5.43. The topological polar surface area (TPSA) is 63.3 Å². The largest absolute Gasteiger partial charge is 0.481 e. The van der Waals surface area contributed by atoms with E-state index >= 15 is 0 Å². The molecule has 4 heteroatoms. The number of hydrogen-bond acceptors (Lipinski definition) is 3. The number of nitrogens with two attached hydrogens (primary N) is 1. The van der Waals surface area contributed by atoms with Gasteiger partial charge in [-0.1, -0.05) is 6.92 Å². The van der Waals surface area contributed by atoms with Crippen molar-refractivity contribution in [1.82, 2.24) is 0 Å². The standard InChI is InChI=1S/C6H13NO2S/c1-5(4-6(8)9)10-3-2-7/h5H,2-4,7H2,1H3,(H,8,9). The van der Waals surface area contributed by atoms with Gasteiger partial charge in [-0.25, -0.2) is 0 Å². The Bertz CT molecular complexity index is 108. The summed E-state index contributed by atoms with van der Waals surface area (Å²) in [4.78, 5) is 10.1. The van der Waals surface area contributed by atoms with Gasteiger partial charge in [0.1, 0.15) is 0 Å². The molecule has 0 aromatic carbocycles. The molecule has 0 radical (unpaired) electrons. The first-order valence-electron chi connectivity index (χ1n) is 3.20. The lowest BCUT2D eigenvalue weighted by atomic mass is 10.3. The Morgan fingerprint density at radius 3 is 2.80 bits per heavy atom. The van der Waals surface area contributed by atoms with E-state index in [9.17, 15) is 4.79 Å². The maximum absolute atomic E-state index is 10.1. The van der Waals surface area contributed by atoms with Crippen LogP contribution in [0.1, 0.15) is 13.3 Å². The second kappa shape index (κ2) is 5.56. The summed E-state index contributed by atoms with van der Waals surface area (Å²) in [6, 6.07) is 0. The van der Waals surface area contributed by atoms with Crippen molar-refractivity contribution >= 4 is 17.7 Å². The van der Waals surface area contributed by atoms with Gasteiger partial charge in [0, 0.05) is 17.5 Å². The average molecular weight is 163 g/mol. The summed E-state index contributed by atoms with van der Waals surface area (Å²) in [7, 11) is 0. The van der Waals surface area contributed by atoms with Crippen LogP contribution < -0.4 is 5.73 Å². The Morgan fingerprint density at radius 2 is 2.40 bits per heavy atom. The highest BCUT2D eigenvalue weighted by Gasteiger charge is 2.06. The molecular weight excluding hydrogens is 150 g/mol. The van der Waals surface area contributed by atoms with Gasteiger partial charge in [0.05, 0.1) is 6.42 Å². The van der Waals surface area contributed by atoms with E-state index in [1.807, 2.05) is 6.92 Å². The zero-order valence-corrected chi connectivity index (χ0v) is 6.86. The summed E-state index contributed by atoms with van der Waals surface area (Å²) in [5.41, 5.74) is 5.24. The van der Waals surface area contributed by atoms with Crippen LogP contribution in [-0.2, 0) is 4.79 Å². The molecule has 0 aliphatic carbocycles. The number of carbonyl (C=O) groups is 1. The third kappa shape index (κ3) is 5.91. The highest BCUT2D eigenvalue weighted by molar-refractivity contribution is 7.99. The normalized spacial score (nSPS) is 13.0. The van der Waals surface area contributed by atoms with Crippen LogP contribution in [-0.4, -0.2) is 28.6 Å². The molecule has 0 saturated heterocycles. The maximum Gasteiger partial charge on any atom is 0.304 e. The third-order valence-electron chi connectivity index (χ3n) is 0.982. The monoisotopic (exact) mass is 163 g/mol. The molecule has 0 saturated carbocycles. The number of aliphatic carboxylic acids is 1. The average Bonchev–Trinajstić information content (AvgIpc) is 1.82. The zero-order chi connectivity index (χ0) is 7.98. The molecule has 0 rings (SSSR count). The number of thioether (sulfide) groups is 1. The molecule has 0 aromatic rings. The lowest BCUT2D eigenvalue weighted by Crippen LogP contribution is -2.09. The third-order valence-corrected chi connectivity index (χ3v) is 2.19. The van der Waals surface area contributed by atoms with Crippen LogP contribution >= 0.6 is 11.8 Å². The molecule has 3 N–H and O–H groups in total. The first kappa shape index (κ1) is 9.78. The van der Waals surface area contributed by atoms with Crippen molar-refractivity contribution in [3.8, 4) is 0 Å². The highest BCUT2D eigenvalue weighted by Crippen LogP contribution is 2.12. The smallest absolute Gasteiger partial charge is 0.304 e. The molecule has 60 valence electrons. The van der Waals surface area contributed by atoms with Crippen LogP contribution in [0.25, 0.3) is 0 Å². The molecule has 1 atom stereocenters. The minimum Gasteiger partial charge on any atom is -0.481 e. The van der Waals surface area contributed by atoms with Crippen molar-refractivity contribution in [2.24, 2.45) is 5.73 Å². The summed E-state index contributed by atoms with van der Waals surface area (Å²) < 4.78 is 0. The summed E-state index contributed by atoms with van der Waals surface area (Å²) in [5, 5.41) is 8.52. The van der Waals surface area contributed by atoms with E-state index in [0.717, 1.165) is 5.75 Å².